The predicted molar refractivity (Wildman–Crippen MR) is 95.7 cm³/mol. The molecule has 0 spiro atoms. The van der Waals surface area contributed by atoms with E-state index in [2.05, 4.69) is 5.32 Å². The molecule has 2 aromatic carbocycles. The molecule has 3 rings (SSSR count). The number of aryl methyl sites for hydroxylation is 2. The molecule has 0 bridgehead atoms. The molecule has 0 atom stereocenters. The van der Waals surface area contributed by atoms with Crippen molar-refractivity contribution < 1.29 is 9.59 Å². The van der Waals surface area contributed by atoms with Gasteiger partial charge in [-0.3, -0.25) is 14.5 Å². The Hall–Kier alpha value is -2.59. The molecule has 1 heterocycles. The molecule has 0 radical (unpaired) electrons. The average Bonchev–Trinajstić information content (AvgIpc) is 2.76. The molecular weight excluding hydrogens is 324 g/mol. The summed E-state index contributed by atoms with van der Waals surface area (Å²) < 4.78 is 0. The summed E-state index contributed by atoms with van der Waals surface area (Å²) in [5.74, 6) is -0.666. The Labute approximate surface area is 145 Å². The van der Waals surface area contributed by atoms with E-state index in [4.69, 9.17) is 11.6 Å². The number of nitrogens with one attached hydrogen (secondary N) is 1. The first-order chi connectivity index (χ1) is 11.4. The molecule has 5 heteroatoms. The smallest absolute Gasteiger partial charge is 0.277 e. The van der Waals surface area contributed by atoms with Crippen LogP contribution in [0.25, 0.3) is 5.57 Å². The minimum absolute atomic E-state index is 0.275. The predicted octanol–water partition coefficient (Wildman–Crippen LogP) is 3.78. The Balaban J connectivity index is 2.12. The number of rotatable bonds is 3. The van der Waals surface area contributed by atoms with Crippen LogP contribution < -0.4 is 5.32 Å². The lowest BCUT2D eigenvalue weighted by molar-refractivity contribution is -0.135. The van der Waals surface area contributed by atoms with Gasteiger partial charge in [-0.1, -0.05) is 47.5 Å². The standard InChI is InChI=1S/C19H17ClN2O2/c1-11-4-7-13(8-5-11)16-17(19(24)22(3)18(16)23)21-15-10-14(20)9-6-12(15)2/h4-10,21H,1-3H3. The SMILES string of the molecule is Cc1ccc(C2=C(Nc3cc(Cl)ccc3C)C(=O)N(C)C2=O)cc1. The zero-order chi connectivity index (χ0) is 17.4. The monoisotopic (exact) mass is 340 g/mol. The summed E-state index contributed by atoms with van der Waals surface area (Å²) in [7, 11) is 1.48. The van der Waals surface area contributed by atoms with Gasteiger partial charge in [0.25, 0.3) is 11.8 Å². The molecule has 0 saturated carbocycles. The van der Waals surface area contributed by atoms with E-state index < -0.39 is 0 Å². The van der Waals surface area contributed by atoms with Crippen molar-refractivity contribution in [3.8, 4) is 0 Å². The van der Waals surface area contributed by atoms with Crippen molar-refractivity contribution >= 4 is 34.7 Å². The summed E-state index contributed by atoms with van der Waals surface area (Å²) in [6, 6.07) is 12.9. The van der Waals surface area contributed by atoms with E-state index in [0.29, 0.717) is 21.8 Å². The van der Waals surface area contributed by atoms with E-state index >= 15 is 0 Å². The summed E-state index contributed by atoms with van der Waals surface area (Å²) in [4.78, 5) is 26.2. The molecule has 2 amide bonds. The van der Waals surface area contributed by atoms with Crippen LogP contribution in [0.5, 0.6) is 0 Å². The van der Waals surface area contributed by atoms with Crippen LogP contribution in [0.15, 0.2) is 48.2 Å². The number of hydrogen-bond acceptors (Lipinski definition) is 3. The molecule has 122 valence electrons. The fourth-order valence-corrected chi connectivity index (χ4v) is 2.78. The van der Waals surface area contributed by atoms with Gasteiger partial charge in [0.15, 0.2) is 0 Å². The van der Waals surface area contributed by atoms with Gasteiger partial charge < -0.3 is 5.32 Å². The maximum atomic E-state index is 12.5. The summed E-state index contributed by atoms with van der Waals surface area (Å²) in [5.41, 5.74) is 4.09. The van der Waals surface area contributed by atoms with E-state index in [1.54, 1.807) is 12.1 Å². The minimum Gasteiger partial charge on any atom is -0.350 e. The Bertz CT molecular complexity index is 869. The van der Waals surface area contributed by atoms with Gasteiger partial charge in [-0.05, 0) is 37.1 Å². The van der Waals surface area contributed by atoms with Crippen LogP contribution in [0.2, 0.25) is 5.02 Å². The fourth-order valence-electron chi connectivity index (χ4n) is 2.61. The number of halogens is 1. The molecular formula is C19H17ClN2O2. The first-order valence-electron chi connectivity index (χ1n) is 7.55. The topological polar surface area (TPSA) is 49.4 Å². The highest BCUT2D eigenvalue weighted by Crippen LogP contribution is 2.31. The minimum atomic E-state index is -0.352. The van der Waals surface area contributed by atoms with Crippen molar-refractivity contribution in [2.45, 2.75) is 13.8 Å². The number of hydrogen-bond donors (Lipinski definition) is 1. The van der Waals surface area contributed by atoms with E-state index in [1.165, 1.54) is 7.05 Å². The Morgan fingerprint density at radius 2 is 1.62 bits per heavy atom. The molecule has 0 aliphatic carbocycles. The van der Waals surface area contributed by atoms with E-state index in [0.717, 1.165) is 16.0 Å². The zero-order valence-corrected chi connectivity index (χ0v) is 14.4. The van der Waals surface area contributed by atoms with Gasteiger partial charge in [0, 0.05) is 17.8 Å². The van der Waals surface area contributed by atoms with Gasteiger partial charge in [-0.2, -0.15) is 0 Å². The van der Waals surface area contributed by atoms with Gasteiger partial charge in [0.1, 0.15) is 5.70 Å². The highest BCUT2D eigenvalue weighted by molar-refractivity contribution is 6.36. The largest absolute Gasteiger partial charge is 0.350 e. The maximum Gasteiger partial charge on any atom is 0.277 e. The van der Waals surface area contributed by atoms with Crippen LogP contribution >= 0.6 is 11.6 Å². The lowest BCUT2D eigenvalue weighted by atomic mass is 10.0. The molecule has 4 nitrogen and oxygen atoms in total. The van der Waals surface area contributed by atoms with Gasteiger partial charge in [-0.15, -0.1) is 0 Å². The van der Waals surface area contributed by atoms with E-state index in [9.17, 15) is 9.59 Å². The Morgan fingerprint density at radius 3 is 2.29 bits per heavy atom. The Morgan fingerprint density at radius 1 is 0.958 bits per heavy atom. The number of benzene rings is 2. The lowest BCUT2D eigenvalue weighted by Crippen LogP contribution is -2.28. The summed E-state index contributed by atoms with van der Waals surface area (Å²) >= 11 is 6.05. The molecule has 0 saturated heterocycles. The van der Waals surface area contributed by atoms with Crippen LogP contribution in [0.3, 0.4) is 0 Å². The van der Waals surface area contributed by atoms with Crippen LogP contribution in [-0.2, 0) is 9.59 Å². The lowest BCUT2D eigenvalue weighted by Gasteiger charge is -2.11. The summed E-state index contributed by atoms with van der Waals surface area (Å²) in [6.45, 7) is 3.89. The van der Waals surface area contributed by atoms with Crippen LogP contribution in [0, 0.1) is 13.8 Å². The van der Waals surface area contributed by atoms with Crippen molar-refractivity contribution in [1.29, 1.82) is 0 Å². The molecule has 1 aliphatic heterocycles. The molecule has 1 N–H and O–H groups in total. The molecule has 24 heavy (non-hydrogen) atoms. The normalized spacial score (nSPS) is 14.6. The number of anilines is 1. The second-order valence-corrected chi connectivity index (χ2v) is 6.31. The zero-order valence-electron chi connectivity index (χ0n) is 13.7. The quantitative estimate of drug-likeness (QED) is 0.865. The van der Waals surface area contributed by atoms with Crippen molar-refractivity contribution in [3.63, 3.8) is 0 Å². The second kappa shape index (κ2) is 6.13. The van der Waals surface area contributed by atoms with Gasteiger partial charge in [-0.25, -0.2) is 0 Å². The van der Waals surface area contributed by atoms with Gasteiger partial charge in [0.2, 0.25) is 0 Å². The van der Waals surface area contributed by atoms with Gasteiger partial charge in [0.05, 0.1) is 5.57 Å². The third kappa shape index (κ3) is 2.81. The molecule has 0 fully saturated rings. The van der Waals surface area contributed by atoms with E-state index in [1.807, 2.05) is 44.2 Å². The van der Waals surface area contributed by atoms with Crippen molar-refractivity contribution in [1.82, 2.24) is 4.90 Å². The third-order valence-corrected chi connectivity index (χ3v) is 4.32. The second-order valence-electron chi connectivity index (χ2n) is 5.87. The van der Waals surface area contributed by atoms with Crippen LogP contribution in [-0.4, -0.2) is 23.8 Å². The summed E-state index contributed by atoms with van der Waals surface area (Å²) in [5, 5.41) is 3.67. The fraction of sp³-hybridized carbons (Fsp3) is 0.158. The highest BCUT2D eigenvalue weighted by Gasteiger charge is 2.36. The summed E-state index contributed by atoms with van der Waals surface area (Å²) in [6.07, 6.45) is 0. The molecule has 0 aromatic heterocycles. The van der Waals surface area contributed by atoms with Crippen molar-refractivity contribution in [2.24, 2.45) is 0 Å². The van der Waals surface area contributed by atoms with Gasteiger partial charge >= 0.3 is 0 Å². The van der Waals surface area contributed by atoms with Crippen molar-refractivity contribution in [3.05, 3.63) is 69.9 Å². The van der Waals surface area contributed by atoms with Crippen molar-refractivity contribution in [2.75, 3.05) is 12.4 Å². The highest BCUT2D eigenvalue weighted by atomic mass is 35.5. The first-order valence-corrected chi connectivity index (χ1v) is 7.93. The molecule has 0 unspecified atom stereocenters. The number of carbonyl (C=O) groups excluding carboxylic acids is 2. The number of imide groups is 1. The first kappa shape index (κ1) is 16.3. The number of amides is 2. The number of likely N-dealkylation sites (N-methyl/N-ethyl adjacent to an activating group) is 1. The number of nitrogens with zero attached hydrogens (tertiary/aromatic N) is 1. The number of carbonyl (C=O) groups is 2. The average molecular weight is 341 g/mol. The Kier molecular flexibility index (Phi) is 4.16. The molecule has 2 aromatic rings. The van der Waals surface area contributed by atoms with Crippen LogP contribution in [0.4, 0.5) is 5.69 Å². The third-order valence-electron chi connectivity index (χ3n) is 4.09. The van der Waals surface area contributed by atoms with Crippen LogP contribution in [0.1, 0.15) is 16.7 Å². The molecule has 1 aliphatic rings. The van der Waals surface area contributed by atoms with E-state index in [-0.39, 0.29) is 17.5 Å². The maximum absolute atomic E-state index is 12.5.